The summed E-state index contributed by atoms with van der Waals surface area (Å²) in [7, 11) is 0. The first-order chi connectivity index (χ1) is 7.36. The fraction of sp³-hybridized carbons (Fsp3) is 0.444. The maximum absolute atomic E-state index is 4.37. The van der Waals surface area contributed by atoms with E-state index >= 15 is 0 Å². The SMILES string of the molecule is Cc1nnsc1C1NCCc2[nH]cnc21. The van der Waals surface area contributed by atoms with E-state index in [4.69, 9.17) is 0 Å². The zero-order valence-corrected chi connectivity index (χ0v) is 9.14. The Kier molecular flexibility index (Phi) is 2.03. The van der Waals surface area contributed by atoms with Gasteiger partial charge in [-0.15, -0.1) is 5.10 Å². The van der Waals surface area contributed by atoms with Gasteiger partial charge in [-0.05, 0) is 18.5 Å². The van der Waals surface area contributed by atoms with E-state index < -0.39 is 0 Å². The molecule has 5 nitrogen and oxygen atoms in total. The molecule has 1 atom stereocenters. The van der Waals surface area contributed by atoms with Crippen LogP contribution in [0, 0.1) is 6.92 Å². The van der Waals surface area contributed by atoms with E-state index in [1.165, 1.54) is 22.1 Å². The number of H-pyrrole nitrogens is 1. The Morgan fingerprint density at radius 2 is 2.47 bits per heavy atom. The number of rotatable bonds is 1. The van der Waals surface area contributed by atoms with Crippen LogP contribution < -0.4 is 5.32 Å². The summed E-state index contributed by atoms with van der Waals surface area (Å²) in [5.41, 5.74) is 3.32. The molecule has 0 saturated carbocycles. The topological polar surface area (TPSA) is 66.5 Å². The van der Waals surface area contributed by atoms with E-state index in [0.717, 1.165) is 24.4 Å². The highest BCUT2D eigenvalue weighted by molar-refractivity contribution is 7.05. The lowest BCUT2D eigenvalue weighted by Gasteiger charge is -2.21. The molecule has 3 heterocycles. The fourth-order valence-corrected chi connectivity index (χ4v) is 2.66. The molecule has 2 aromatic rings. The third kappa shape index (κ3) is 1.37. The van der Waals surface area contributed by atoms with Crippen molar-refractivity contribution in [1.82, 2.24) is 24.9 Å². The highest BCUT2D eigenvalue weighted by Crippen LogP contribution is 2.29. The summed E-state index contributed by atoms with van der Waals surface area (Å²) < 4.78 is 3.97. The summed E-state index contributed by atoms with van der Waals surface area (Å²) >= 11 is 1.45. The van der Waals surface area contributed by atoms with Crippen LogP contribution in [-0.2, 0) is 6.42 Å². The lowest BCUT2D eigenvalue weighted by molar-refractivity contribution is 0.557. The van der Waals surface area contributed by atoms with E-state index in [-0.39, 0.29) is 6.04 Å². The second-order valence-electron chi connectivity index (χ2n) is 3.63. The molecule has 0 bridgehead atoms. The average molecular weight is 221 g/mol. The summed E-state index contributed by atoms with van der Waals surface area (Å²) in [5.74, 6) is 0. The Labute approximate surface area is 91.1 Å². The van der Waals surface area contributed by atoms with Crippen molar-refractivity contribution in [3.8, 4) is 0 Å². The lowest BCUT2D eigenvalue weighted by atomic mass is 10.0. The van der Waals surface area contributed by atoms with Crippen molar-refractivity contribution >= 4 is 11.5 Å². The highest BCUT2D eigenvalue weighted by atomic mass is 32.1. The van der Waals surface area contributed by atoms with Gasteiger partial charge in [0.1, 0.15) is 0 Å². The molecule has 0 aliphatic carbocycles. The Balaban J connectivity index is 2.07. The first-order valence-corrected chi connectivity index (χ1v) is 5.68. The summed E-state index contributed by atoms with van der Waals surface area (Å²) in [4.78, 5) is 8.72. The first kappa shape index (κ1) is 8.99. The highest BCUT2D eigenvalue weighted by Gasteiger charge is 2.26. The summed E-state index contributed by atoms with van der Waals surface area (Å²) in [6, 6.07) is 0.167. The molecule has 0 fully saturated rings. The van der Waals surface area contributed by atoms with Gasteiger partial charge in [-0.3, -0.25) is 0 Å². The number of hydrogen-bond donors (Lipinski definition) is 2. The molecule has 0 amide bonds. The number of aromatic amines is 1. The summed E-state index contributed by atoms with van der Waals surface area (Å²) in [6.45, 7) is 2.96. The van der Waals surface area contributed by atoms with Gasteiger partial charge in [0.05, 0.1) is 28.6 Å². The maximum atomic E-state index is 4.37. The van der Waals surface area contributed by atoms with E-state index in [1.807, 2.05) is 6.92 Å². The van der Waals surface area contributed by atoms with Gasteiger partial charge < -0.3 is 10.3 Å². The number of aromatic nitrogens is 4. The van der Waals surface area contributed by atoms with Crippen LogP contribution in [0.1, 0.15) is 28.0 Å². The van der Waals surface area contributed by atoms with Crippen molar-refractivity contribution in [3.63, 3.8) is 0 Å². The van der Waals surface area contributed by atoms with Crippen molar-refractivity contribution in [2.24, 2.45) is 0 Å². The van der Waals surface area contributed by atoms with Crippen molar-refractivity contribution < 1.29 is 0 Å². The molecule has 1 unspecified atom stereocenters. The quantitative estimate of drug-likeness (QED) is 0.747. The molecule has 15 heavy (non-hydrogen) atoms. The summed E-state index contributed by atoms with van der Waals surface area (Å²) in [5, 5.41) is 7.49. The van der Waals surface area contributed by atoms with Gasteiger partial charge in [0.15, 0.2) is 0 Å². The average Bonchev–Trinajstić information content (AvgIpc) is 2.85. The molecular formula is C9H11N5S. The Morgan fingerprint density at radius 3 is 3.27 bits per heavy atom. The molecule has 78 valence electrons. The molecule has 1 aliphatic heterocycles. The van der Waals surface area contributed by atoms with Crippen molar-refractivity contribution in [3.05, 3.63) is 28.3 Å². The zero-order valence-electron chi connectivity index (χ0n) is 8.32. The molecular weight excluding hydrogens is 210 g/mol. The minimum atomic E-state index is 0.167. The lowest BCUT2D eigenvalue weighted by Crippen LogP contribution is -2.30. The van der Waals surface area contributed by atoms with E-state index in [9.17, 15) is 0 Å². The largest absolute Gasteiger partial charge is 0.348 e. The van der Waals surface area contributed by atoms with Crippen LogP contribution in [0.2, 0.25) is 0 Å². The third-order valence-corrected chi connectivity index (χ3v) is 3.59. The van der Waals surface area contributed by atoms with Crippen LogP contribution in [0.15, 0.2) is 6.33 Å². The number of nitrogens with one attached hydrogen (secondary N) is 2. The van der Waals surface area contributed by atoms with Crippen LogP contribution in [0.25, 0.3) is 0 Å². The van der Waals surface area contributed by atoms with Gasteiger partial charge in [-0.25, -0.2) is 4.98 Å². The van der Waals surface area contributed by atoms with Crippen LogP contribution in [0.4, 0.5) is 0 Å². The van der Waals surface area contributed by atoms with Crippen LogP contribution in [0.3, 0.4) is 0 Å². The second-order valence-corrected chi connectivity index (χ2v) is 4.41. The normalized spacial score (nSPS) is 20.2. The van der Waals surface area contributed by atoms with Gasteiger partial charge >= 0.3 is 0 Å². The van der Waals surface area contributed by atoms with Gasteiger partial charge in [-0.2, -0.15) is 0 Å². The predicted octanol–water partition coefficient (Wildman–Crippen LogP) is 0.805. The van der Waals surface area contributed by atoms with Crippen molar-refractivity contribution in [1.29, 1.82) is 0 Å². The van der Waals surface area contributed by atoms with Crippen molar-refractivity contribution in [2.45, 2.75) is 19.4 Å². The minimum Gasteiger partial charge on any atom is -0.348 e. The Morgan fingerprint density at radius 1 is 1.53 bits per heavy atom. The third-order valence-electron chi connectivity index (χ3n) is 2.70. The minimum absolute atomic E-state index is 0.167. The predicted molar refractivity (Wildman–Crippen MR) is 56.8 cm³/mol. The Hall–Kier alpha value is -1.27. The van der Waals surface area contributed by atoms with Gasteiger partial charge in [-0.1, -0.05) is 4.49 Å². The fourth-order valence-electron chi connectivity index (χ4n) is 1.94. The van der Waals surface area contributed by atoms with Gasteiger partial charge in [0, 0.05) is 18.7 Å². The van der Waals surface area contributed by atoms with E-state index in [2.05, 4.69) is 24.9 Å². The number of hydrogen-bond acceptors (Lipinski definition) is 5. The molecule has 0 aromatic carbocycles. The molecule has 0 spiro atoms. The zero-order chi connectivity index (χ0) is 10.3. The molecule has 3 rings (SSSR count). The standard InChI is InChI=1S/C9H11N5S/c1-5-9(15-14-13-5)8-7-6(2-3-10-8)11-4-12-7/h4,8,10H,2-3H2,1H3,(H,11,12). The number of nitrogens with zero attached hydrogens (tertiary/aromatic N) is 3. The molecule has 0 radical (unpaired) electrons. The van der Waals surface area contributed by atoms with Crippen LogP contribution in [0.5, 0.6) is 0 Å². The molecule has 2 aromatic heterocycles. The number of imidazole rings is 1. The van der Waals surface area contributed by atoms with Gasteiger partial charge in [0.25, 0.3) is 0 Å². The molecule has 2 N–H and O–H groups in total. The second kappa shape index (κ2) is 3.39. The smallest absolute Gasteiger partial charge is 0.0926 e. The van der Waals surface area contributed by atoms with E-state index in [1.54, 1.807) is 6.33 Å². The van der Waals surface area contributed by atoms with E-state index in [0.29, 0.717) is 0 Å². The van der Waals surface area contributed by atoms with Crippen molar-refractivity contribution in [2.75, 3.05) is 6.54 Å². The molecule has 1 aliphatic rings. The number of fused-ring (bicyclic) bond motifs is 1. The van der Waals surface area contributed by atoms with Gasteiger partial charge in [0.2, 0.25) is 0 Å². The monoisotopic (exact) mass is 221 g/mol. The van der Waals surface area contributed by atoms with Crippen LogP contribution >= 0.6 is 11.5 Å². The molecule has 6 heteroatoms. The van der Waals surface area contributed by atoms with Crippen LogP contribution in [-0.4, -0.2) is 26.1 Å². The maximum Gasteiger partial charge on any atom is 0.0926 e. The summed E-state index contributed by atoms with van der Waals surface area (Å²) in [6.07, 6.45) is 2.77. The molecule has 0 saturated heterocycles. The number of aryl methyl sites for hydroxylation is 1. The Bertz CT molecular complexity index is 474. The first-order valence-electron chi connectivity index (χ1n) is 4.90.